The second kappa shape index (κ2) is 4.37. The average molecular weight is 271 g/mol. The zero-order valence-corrected chi connectivity index (χ0v) is 12.4. The molecule has 4 bridgehead atoms. The van der Waals surface area contributed by atoms with Crippen molar-refractivity contribution in [2.45, 2.75) is 38.5 Å². The normalized spacial score (nSPS) is 38.1. The fourth-order valence-corrected chi connectivity index (χ4v) is 5.79. The maximum absolute atomic E-state index is 6.11. The summed E-state index contributed by atoms with van der Waals surface area (Å²) < 4.78 is 0. The van der Waals surface area contributed by atoms with Gasteiger partial charge in [0.15, 0.2) is 0 Å². The Labute approximate surface area is 121 Å². The van der Waals surface area contributed by atoms with Crippen LogP contribution in [0, 0.1) is 23.2 Å². The predicted molar refractivity (Wildman–Crippen MR) is 82.5 cm³/mol. The van der Waals surface area contributed by atoms with Crippen molar-refractivity contribution < 1.29 is 0 Å². The number of pyridine rings is 1. The number of nitrogens with two attached hydrogens (primary N) is 1. The Hall–Kier alpha value is -1.25. The molecule has 0 radical (unpaired) electrons. The van der Waals surface area contributed by atoms with Crippen LogP contribution in [0.5, 0.6) is 0 Å². The molecule has 0 amide bonds. The Morgan fingerprint density at radius 3 is 2.35 bits per heavy atom. The van der Waals surface area contributed by atoms with E-state index in [4.69, 9.17) is 5.73 Å². The van der Waals surface area contributed by atoms with Gasteiger partial charge in [0, 0.05) is 19.8 Å². The first-order valence-electron chi connectivity index (χ1n) is 8.04. The zero-order chi connectivity index (χ0) is 13.7. The molecule has 20 heavy (non-hydrogen) atoms. The Bertz CT molecular complexity index is 475. The predicted octanol–water partition coefficient (Wildman–Crippen LogP) is 3.32. The van der Waals surface area contributed by atoms with E-state index in [0.29, 0.717) is 5.41 Å². The smallest absolute Gasteiger partial charge is 0.0783 e. The van der Waals surface area contributed by atoms with E-state index in [9.17, 15) is 0 Å². The number of rotatable bonds is 3. The van der Waals surface area contributed by atoms with E-state index in [1.54, 1.807) is 6.20 Å². The van der Waals surface area contributed by atoms with Crippen molar-refractivity contribution in [3.63, 3.8) is 0 Å². The van der Waals surface area contributed by atoms with E-state index >= 15 is 0 Å². The molecule has 5 rings (SSSR count). The first-order valence-corrected chi connectivity index (χ1v) is 8.04. The third kappa shape index (κ3) is 1.99. The molecular weight excluding hydrogens is 246 g/mol. The number of aromatic nitrogens is 1. The van der Waals surface area contributed by atoms with Crippen molar-refractivity contribution in [2.24, 2.45) is 23.2 Å². The molecule has 4 saturated carbocycles. The van der Waals surface area contributed by atoms with Gasteiger partial charge in [0.05, 0.1) is 17.6 Å². The largest absolute Gasteiger partial charge is 0.397 e. The average Bonchev–Trinajstić information content (AvgIpc) is 2.36. The summed E-state index contributed by atoms with van der Waals surface area (Å²) in [6.07, 6.45) is 12.6. The maximum Gasteiger partial charge on any atom is 0.0783 e. The van der Waals surface area contributed by atoms with E-state index in [0.717, 1.165) is 35.7 Å². The van der Waals surface area contributed by atoms with Crippen LogP contribution >= 0.6 is 0 Å². The fraction of sp³-hybridized carbons (Fsp3) is 0.706. The van der Waals surface area contributed by atoms with Crippen molar-refractivity contribution in [1.29, 1.82) is 0 Å². The van der Waals surface area contributed by atoms with Gasteiger partial charge in [0.1, 0.15) is 0 Å². The van der Waals surface area contributed by atoms with Crippen molar-refractivity contribution >= 4 is 11.4 Å². The van der Waals surface area contributed by atoms with E-state index in [-0.39, 0.29) is 0 Å². The molecule has 4 aliphatic carbocycles. The molecule has 4 fully saturated rings. The van der Waals surface area contributed by atoms with Gasteiger partial charge in [-0.2, -0.15) is 0 Å². The van der Waals surface area contributed by atoms with E-state index in [1.165, 1.54) is 38.5 Å². The summed E-state index contributed by atoms with van der Waals surface area (Å²) in [7, 11) is 2.19. The van der Waals surface area contributed by atoms with Crippen LogP contribution in [0.1, 0.15) is 38.5 Å². The third-order valence-corrected chi connectivity index (χ3v) is 5.98. The monoisotopic (exact) mass is 271 g/mol. The molecule has 0 saturated heterocycles. The lowest BCUT2D eigenvalue weighted by atomic mass is 9.49. The second-order valence-electron chi connectivity index (χ2n) is 7.71. The van der Waals surface area contributed by atoms with Gasteiger partial charge in [-0.05, 0) is 67.8 Å². The molecule has 0 aromatic carbocycles. The summed E-state index contributed by atoms with van der Waals surface area (Å²) in [6.45, 7) is 1.16. The van der Waals surface area contributed by atoms with Gasteiger partial charge in [0.2, 0.25) is 0 Å². The summed E-state index contributed by atoms with van der Waals surface area (Å²) >= 11 is 0. The number of anilines is 2. The molecule has 3 nitrogen and oxygen atoms in total. The zero-order valence-electron chi connectivity index (χ0n) is 12.4. The minimum atomic E-state index is 0.561. The minimum Gasteiger partial charge on any atom is -0.397 e. The molecule has 0 unspecified atom stereocenters. The quantitative estimate of drug-likeness (QED) is 0.917. The Morgan fingerprint density at radius 2 is 1.80 bits per heavy atom. The molecule has 0 spiro atoms. The number of nitrogen functional groups attached to an aromatic ring is 1. The van der Waals surface area contributed by atoms with Crippen LogP contribution in [0.15, 0.2) is 18.5 Å². The fourth-order valence-electron chi connectivity index (χ4n) is 5.79. The molecule has 0 atom stereocenters. The van der Waals surface area contributed by atoms with E-state index in [1.807, 2.05) is 12.3 Å². The lowest BCUT2D eigenvalue weighted by Gasteiger charge is -2.57. The first-order chi connectivity index (χ1) is 9.63. The number of nitrogens with zero attached hydrogens (tertiary/aromatic N) is 2. The number of hydrogen-bond donors (Lipinski definition) is 1. The van der Waals surface area contributed by atoms with E-state index in [2.05, 4.69) is 16.9 Å². The van der Waals surface area contributed by atoms with Crippen LogP contribution in [-0.2, 0) is 0 Å². The van der Waals surface area contributed by atoms with Gasteiger partial charge in [-0.15, -0.1) is 0 Å². The molecule has 3 heteroatoms. The van der Waals surface area contributed by atoms with Gasteiger partial charge in [-0.1, -0.05) is 0 Å². The van der Waals surface area contributed by atoms with Crippen molar-refractivity contribution in [3.8, 4) is 0 Å². The summed E-state index contributed by atoms with van der Waals surface area (Å²) in [5, 5.41) is 0. The molecule has 1 aromatic rings. The molecule has 0 aliphatic heterocycles. The van der Waals surface area contributed by atoms with Gasteiger partial charge < -0.3 is 10.6 Å². The highest BCUT2D eigenvalue weighted by Crippen LogP contribution is 2.60. The van der Waals surface area contributed by atoms with Crippen LogP contribution in [0.4, 0.5) is 11.4 Å². The maximum atomic E-state index is 6.11. The van der Waals surface area contributed by atoms with Gasteiger partial charge in [0.25, 0.3) is 0 Å². The summed E-state index contributed by atoms with van der Waals surface area (Å²) in [5.41, 5.74) is 8.62. The molecule has 2 N–H and O–H groups in total. The number of hydrogen-bond acceptors (Lipinski definition) is 3. The second-order valence-corrected chi connectivity index (χ2v) is 7.71. The highest BCUT2D eigenvalue weighted by atomic mass is 15.1. The van der Waals surface area contributed by atoms with Crippen LogP contribution in [0.2, 0.25) is 0 Å². The van der Waals surface area contributed by atoms with Crippen molar-refractivity contribution in [1.82, 2.24) is 4.98 Å². The van der Waals surface area contributed by atoms with Crippen molar-refractivity contribution in [3.05, 3.63) is 18.5 Å². The molecule has 4 aliphatic rings. The first kappa shape index (κ1) is 12.5. The molecule has 1 heterocycles. The Morgan fingerprint density at radius 1 is 1.20 bits per heavy atom. The highest BCUT2D eigenvalue weighted by molar-refractivity contribution is 5.65. The SMILES string of the molecule is CN(CC12CC3CC(CC(C3)C1)C2)c1cnccc1N. The Kier molecular flexibility index (Phi) is 2.73. The third-order valence-electron chi connectivity index (χ3n) is 5.98. The lowest BCUT2D eigenvalue weighted by molar-refractivity contribution is -0.0472. The molecular formula is C17H25N3. The lowest BCUT2D eigenvalue weighted by Crippen LogP contribution is -2.50. The van der Waals surface area contributed by atoms with Gasteiger partial charge >= 0.3 is 0 Å². The van der Waals surface area contributed by atoms with Crippen LogP contribution in [0.3, 0.4) is 0 Å². The van der Waals surface area contributed by atoms with Crippen molar-refractivity contribution in [2.75, 3.05) is 24.2 Å². The Balaban J connectivity index is 1.55. The van der Waals surface area contributed by atoms with Crippen LogP contribution in [-0.4, -0.2) is 18.6 Å². The topological polar surface area (TPSA) is 42.2 Å². The van der Waals surface area contributed by atoms with Gasteiger partial charge in [-0.25, -0.2) is 0 Å². The standard InChI is InChI=1S/C17H25N3/c1-20(16-10-19-3-2-15(16)18)11-17-7-12-4-13(8-17)6-14(5-12)9-17/h2-3,10,12-14H,4-9,11H2,1H3,(H2,18,19). The molecule has 1 aromatic heterocycles. The summed E-state index contributed by atoms with van der Waals surface area (Å²) in [4.78, 5) is 6.60. The summed E-state index contributed by atoms with van der Waals surface area (Å²) in [5.74, 6) is 3.04. The summed E-state index contributed by atoms with van der Waals surface area (Å²) in [6, 6.07) is 1.91. The van der Waals surface area contributed by atoms with Gasteiger partial charge in [-0.3, -0.25) is 4.98 Å². The van der Waals surface area contributed by atoms with Crippen LogP contribution in [0.25, 0.3) is 0 Å². The molecule has 108 valence electrons. The minimum absolute atomic E-state index is 0.561. The highest BCUT2D eigenvalue weighted by Gasteiger charge is 2.51. The van der Waals surface area contributed by atoms with Crippen LogP contribution < -0.4 is 10.6 Å². The van der Waals surface area contributed by atoms with E-state index < -0.39 is 0 Å².